The molecule has 0 aliphatic carbocycles. The van der Waals surface area contributed by atoms with E-state index >= 15 is 0 Å². The zero-order valence-electron chi connectivity index (χ0n) is 25.2. The zero-order valence-corrected chi connectivity index (χ0v) is 26.8. The lowest BCUT2D eigenvalue weighted by Gasteiger charge is -2.34. The molecule has 4 rings (SSSR count). The maximum Gasteiger partial charge on any atom is 0.264 e. The molecule has 0 aromatic heterocycles. The van der Waals surface area contributed by atoms with E-state index in [2.05, 4.69) is 5.32 Å². The van der Waals surface area contributed by atoms with E-state index in [1.54, 1.807) is 43.3 Å². The second-order valence-corrected chi connectivity index (χ2v) is 13.1. The van der Waals surface area contributed by atoms with Gasteiger partial charge in [-0.3, -0.25) is 13.9 Å². The molecule has 0 spiro atoms. The van der Waals surface area contributed by atoms with Gasteiger partial charge in [0.2, 0.25) is 11.8 Å². The lowest BCUT2D eigenvalue weighted by molar-refractivity contribution is -0.140. The number of nitrogens with zero attached hydrogens (tertiary/aromatic N) is 2. The molecule has 0 fully saturated rings. The van der Waals surface area contributed by atoms with Gasteiger partial charge < -0.3 is 10.2 Å². The topological polar surface area (TPSA) is 86.8 Å². The van der Waals surface area contributed by atoms with Crippen LogP contribution in [0.25, 0.3) is 0 Å². The highest BCUT2D eigenvalue weighted by Gasteiger charge is 2.35. The molecule has 4 aromatic carbocycles. The van der Waals surface area contributed by atoms with Gasteiger partial charge in [-0.1, -0.05) is 96.9 Å². The smallest absolute Gasteiger partial charge is 0.264 e. The van der Waals surface area contributed by atoms with Gasteiger partial charge in [0, 0.05) is 24.5 Å². The van der Waals surface area contributed by atoms with Crippen LogP contribution in [0.2, 0.25) is 5.02 Å². The summed E-state index contributed by atoms with van der Waals surface area (Å²) in [5.41, 5.74) is 3.69. The molecule has 4 aromatic rings. The van der Waals surface area contributed by atoms with Crippen LogP contribution >= 0.6 is 11.6 Å². The number of sulfonamides is 1. The first kappa shape index (κ1) is 32.8. The third-order valence-electron chi connectivity index (χ3n) is 7.33. The van der Waals surface area contributed by atoms with Gasteiger partial charge in [0.15, 0.2) is 0 Å². The van der Waals surface area contributed by atoms with Crippen molar-refractivity contribution < 1.29 is 18.0 Å². The van der Waals surface area contributed by atoms with Crippen molar-refractivity contribution in [1.82, 2.24) is 10.2 Å². The fourth-order valence-corrected chi connectivity index (χ4v) is 6.67. The highest BCUT2D eigenvalue weighted by molar-refractivity contribution is 7.92. The molecule has 44 heavy (non-hydrogen) atoms. The number of hydrogen-bond donors (Lipinski definition) is 1. The number of aryl methyl sites for hydroxylation is 2. The largest absolute Gasteiger partial charge is 0.354 e. The van der Waals surface area contributed by atoms with E-state index in [0.717, 1.165) is 27.4 Å². The van der Waals surface area contributed by atoms with Crippen molar-refractivity contribution in [2.75, 3.05) is 17.4 Å². The van der Waals surface area contributed by atoms with Gasteiger partial charge >= 0.3 is 0 Å². The van der Waals surface area contributed by atoms with Crippen LogP contribution < -0.4 is 9.62 Å². The Kier molecular flexibility index (Phi) is 11.2. The summed E-state index contributed by atoms with van der Waals surface area (Å²) in [5.74, 6) is -0.802. The van der Waals surface area contributed by atoms with Crippen LogP contribution in [0.3, 0.4) is 0 Å². The number of nitrogens with one attached hydrogen (secondary N) is 1. The van der Waals surface area contributed by atoms with Crippen LogP contribution in [0.5, 0.6) is 0 Å². The highest BCUT2D eigenvalue weighted by atomic mass is 35.5. The summed E-state index contributed by atoms with van der Waals surface area (Å²) in [5, 5.41) is 3.41. The van der Waals surface area contributed by atoms with Crippen LogP contribution in [0.4, 0.5) is 5.69 Å². The summed E-state index contributed by atoms with van der Waals surface area (Å²) >= 11 is 6.22. The number of rotatable bonds is 13. The summed E-state index contributed by atoms with van der Waals surface area (Å²) in [6, 6.07) is 29.2. The Morgan fingerprint density at radius 1 is 0.841 bits per heavy atom. The van der Waals surface area contributed by atoms with Gasteiger partial charge in [-0.2, -0.15) is 0 Å². The van der Waals surface area contributed by atoms with E-state index < -0.39 is 28.5 Å². The Hall–Kier alpha value is -4.14. The molecular formula is C35H38ClN3O4S. The Labute approximate surface area is 265 Å². The minimum Gasteiger partial charge on any atom is -0.354 e. The predicted octanol–water partition coefficient (Wildman–Crippen LogP) is 6.32. The fourth-order valence-electron chi connectivity index (χ4n) is 4.94. The highest BCUT2D eigenvalue weighted by Crippen LogP contribution is 2.29. The van der Waals surface area contributed by atoms with Crippen molar-refractivity contribution in [1.29, 1.82) is 0 Å². The van der Waals surface area contributed by atoms with E-state index in [4.69, 9.17) is 11.6 Å². The molecule has 0 saturated heterocycles. The average molecular weight is 632 g/mol. The van der Waals surface area contributed by atoms with Crippen molar-refractivity contribution in [2.24, 2.45) is 0 Å². The summed E-state index contributed by atoms with van der Waals surface area (Å²) in [7, 11) is -4.17. The second kappa shape index (κ2) is 15.0. The molecule has 0 bridgehead atoms. The minimum atomic E-state index is -4.17. The third-order valence-corrected chi connectivity index (χ3v) is 9.34. The molecule has 0 unspecified atom stereocenters. The Morgan fingerprint density at radius 2 is 1.48 bits per heavy atom. The molecule has 1 N–H and O–H groups in total. The number of halogens is 1. The molecule has 0 heterocycles. The van der Waals surface area contributed by atoms with Crippen LogP contribution in [0.15, 0.2) is 108 Å². The fraction of sp³-hybridized carbons (Fsp3) is 0.257. The van der Waals surface area contributed by atoms with Gasteiger partial charge in [-0.15, -0.1) is 0 Å². The summed E-state index contributed by atoms with van der Waals surface area (Å²) in [6.07, 6.45) is 0.994. The van der Waals surface area contributed by atoms with Crippen LogP contribution in [-0.2, 0) is 32.6 Å². The van der Waals surface area contributed by atoms with Crippen molar-refractivity contribution in [3.05, 3.63) is 130 Å². The number of benzene rings is 4. The molecule has 0 radical (unpaired) electrons. The van der Waals surface area contributed by atoms with Gasteiger partial charge in [0.25, 0.3) is 10.0 Å². The van der Waals surface area contributed by atoms with Crippen molar-refractivity contribution in [3.8, 4) is 0 Å². The monoisotopic (exact) mass is 631 g/mol. The average Bonchev–Trinajstić information content (AvgIpc) is 3.02. The summed E-state index contributed by atoms with van der Waals surface area (Å²) in [4.78, 5) is 29.7. The SMILES string of the molecule is CCCNC(=O)[C@H](Cc1ccccc1)N(Cc1ccc(C)cc1)C(=O)CN(c1ccc(Cl)cc1C)S(=O)(=O)c1ccccc1. The Morgan fingerprint density at radius 3 is 2.09 bits per heavy atom. The minimum absolute atomic E-state index is 0.0498. The molecule has 0 aliphatic heterocycles. The van der Waals surface area contributed by atoms with Crippen molar-refractivity contribution in [2.45, 2.75) is 51.1 Å². The van der Waals surface area contributed by atoms with Gasteiger partial charge in [-0.05, 0) is 67.3 Å². The zero-order chi connectivity index (χ0) is 31.7. The van der Waals surface area contributed by atoms with Gasteiger partial charge in [-0.25, -0.2) is 8.42 Å². The van der Waals surface area contributed by atoms with Crippen LogP contribution in [-0.4, -0.2) is 44.3 Å². The molecule has 0 saturated carbocycles. The predicted molar refractivity (Wildman–Crippen MR) is 176 cm³/mol. The van der Waals surface area contributed by atoms with Gasteiger partial charge in [0.1, 0.15) is 12.6 Å². The van der Waals surface area contributed by atoms with E-state index in [1.807, 2.05) is 68.4 Å². The molecule has 2 amide bonds. The maximum atomic E-state index is 14.5. The number of carbonyl (C=O) groups is 2. The Bertz CT molecular complexity index is 1660. The standard InChI is InChI=1S/C35H38ClN3O4S/c1-4-21-37-35(41)33(23-28-11-7-5-8-12-28)38(24-29-17-15-26(2)16-18-29)34(40)25-39(32-20-19-30(36)22-27(32)3)44(42,43)31-13-9-6-10-14-31/h5-20,22,33H,4,21,23-25H2,1-3H3,(H,37,41)/t33-/m0/s1. The molecule has 0 aliphatic rings. The summed E-state index contributed by atoms with van der Waals surface area (Å²) in [6.45, 7) is 5.74. The number of carbonyl (C=O) groups excluding carboxylic acids is 2. The van der Waals surface area contributed by atoms with E-state index in [1.165, 1.54) is 17.0 Å². The first-order chi connectivity index (χ1) is 21.1. The number of amides is 2. The van der Waals surface area contributed by atoms with Crippen molar-refractivity contribution in [3.63, 3.8) is 0 Å². The number of anilines is 1. The normalized spacial score (nSPS) is 11.9. The third kappa shape index (κ3) is 8.27. The van der Waals surface area contributed by atoms with E-state index in [0.29, 0.717) is 22.8 Å². The van der Waals surface area contributed by atoms with Crippen LogP contribution in [0, 0.1) is 13.8 Å². The molecule has 1 atom stereocenters. The Balaban J connectivity index is 1.81. The molecule has 230 valence electrons. The first-order valence-corrected chi connectivity index (χ1v) is 16.4. The van der Waals surface area contributed by atoms with Crippen LogP contribution in [0.1, 0.15) is 35.6 Å². The lowest BCUT2D eigenvalue weighted by Crippen LogP contribution is -2.53. The van der Waals surface area contributed by atoms with E-state index in [9.17, 15) is 18.0 Å². The first-order valence-electron chi connectivity index (χ1n) is 14.6. The maximum absolute atomic E-state index is 14.5. The molecule has 7 nitrogen and oxygen atoms in total. The van der Waals surface area contributed by atoms with Gasteiger partial charge in [0.05, 0.1) is 10.6 Å². The van der Waals surface area contributed by atoms with Crippen molar-refractivity contribution >= 4 is 39.1 Å². The van der Waals surface area contributed by atoms with E-state index in [-0.39, 0.29) is 23.8 Å². The lowest BCUT2D eigenvalue weighted by atomic mass is 10.0. The second-order valence-electron chi connectivity index (χ2n) is 10.8. The molecular weight excluding hydrogens is 594 g/mol. The number of hydrogen-bond acceptors (Lipinski definition) is 4. The quantitative estimate of drug-likeness (QED) is 0.187. The molecule has 9 heteroatoms. The summed E-state index contributed by atoms with van der Waals surface area (Å²) < 4.78 is 29.3.